The molecule has 0 atom stereocenters. The third-order valence-corrected chi connectivity index (χ3v) is 4.16. The van der Waals surface area contributed by atoms with E-state index >= 15 is 0 Å². The van der Waals surface area contributed by atoms with E-state index in [9.17, 15) is 4.79 Å². The van der Waals surface area contributed by atoms with Gasteiger partial charge in [-0.15, -0.1) is 24.8 Å². The summed E-state index contributed by atoms with van der Waals surface area (Å²) in [6.45, 7) is 2.73. The number of carbonyl (C=O) groups is 1. The second-order valence-electron chi connectivity index (χ2n) is 6.01. The van der Waals surface area contributed by atoms with Gasteiger partial charge in [0.25, 0.3) is 0 Å². The molecule has 8 heteroatoms. The van der Waals surface area contributed by atoms with Crippen LogP contribution in [0.5, 0.6) is 0 Å². The highest BCUT2D eigenvalue weighted by molar-refractivity contribution is 5.85. The molecular weight excluding hydrogens is 337 g/mol. The summed E-state index contributed by atoms with van der Waals surface area (Å²) in [5.41, 5.74) is 1.02. The van der Waals surface area contributed by atoms with Gasteiger partial charge in [-0.2, -0.15) is 0 Å². The van der Waals surface area contributed by atoms with Crippen molar-refractivity contribution in [2.24, 2.45) is 13.0 Å². The van der Waals surface area contributed by atoms with Crippen LogP contribution in [0.3, 0.4) is 0 Å². The van der Waals surface area contributed by atoms with Crippen LogP contribution in [0, 0.1) is 5.92 Å². The molecular formula is C15H29Cl2N5O. The molecule has 0 aromatic carbocycles. The molecule has 23 heavy (non-hydrogen) atoms. The van der Waals surface area contributed by atoms with Crippen molar-refractivity contribution in [3.05, 3.63) is 11.9 Å². The molecule has 1 fully saturated rings. The molecule has 0 spiro atoms. The van der Waals surface area contributed by atoms with Crippen LogP contribution in [-0.4, -0.2) is 42.6 Å². The molecule has 1 aliphatic heterocycles. The number of piperidine rings is 1. The summed E-state index contributed by atoms with van der Waals surface area (Å²) in [5.74, 6) is 1.74. The third-order valence-electron chi connectivity index (χ3n) is 4.16. The lowest BCUT2D eigenvalue weighted by Gasteiger charge is -2.22. The van der Waals surface area contributed by atoms with Crippen molar-refractivity contribution in [2.45, 2.75) is 32.2 Å². The largest absolute Gasteiger partial charge is 0.350 e. The Bertz CT molecular complexity index is 472. The fraction of sp³-hybridized carbons (Fsp3) is 0.733. The normalized spacial score (nSPS) is 14.6. The second-order valence-corrected chi connectivity index (χ2v) is 6.01. The smallest absolute Gasteiger partial charge is 0.220 e. The monoisotopic (exact) mass is 365 g/mol. The van der Waals surface area contributed by atoms with Gasteiger partial charge in [-0.05, 0) is 38.3 Å². The second kappa shape index (κ2) is 10.7. The van der Waals surface area contributed by atoms with E-state index in [0.29, 0.717) is 18.9 Å². The van der Waals surface area contributed by atoms with Crippen LogP contribution >= 0.6 is 24.8 Å². The minimum Gasteiger partial charge on any atom is -0.350 e. The first-order chi connectivity index (χ1) is 10.1. The summed E-state index contributed by atoms with van der Waals surface area (Å²) in [6, 6.07) is 0. The molecule has 134 valence electrons. The molecule has 2 heterocycles. The highest BCUT2D eigenvalue weighted by atomic mass is 35.5. The molecule has 0 aliphatic carbocycles. The van der Waals surface area contributed by atoms with E-state index in [1.807, 2.05) is 36.8 Å². The highest BCUT2D eigenvalue weighted by Gasteiger charge is 2.15. The molecule has 6 nitrogen and oxygen atoms in total. The van der Waals surface area contributed by atoms with Crippen LogP contribution in [0.15, 0.2) is 6.20 Å². The number of aromatic nitrogens is 2. The first-order valence-corrected chi connectivity index (χ1v) is 7.73. The van der Waals surface area contributed by atoms with Crippen LogP contribution in [-0.2, 0) is 18.4 Å². The first kappa shape index (κ1) is 22.0. The van der Waals surface area contributed by atoms with Crippen molar-refractivity contribution < 1.29 is 4.79 Å². The Morgan fingerprint density at radius 2 is 2.04 bits per heavy atom. The highest BCUT2D eigenvalue weighted by Crippen LogP contribution is 2.17. The van der Waals surface area contributed by atoms with Gasteiger partial charge in [0.1, 0.15) is 0 Å². The predicted octanol–water partition coefficient (Wildman–Crippen LogP) is 1.73. The molecule has 0 saturated carbocycles. The number of anilines is 1. The fourth-order valence-electron chi connectivity index (χ4n) is 2.80. The molecule has 1 amide bonds. The molecule has 0 radical (unpaired) electrons. The Balaban J connectivity index is 0.00000242. The number of halogens is 2. The summed E-state index contributed by atoms with van der Waals surface area (Å²) in [5, 5.41) is 6.35. The average molecular weight is 366 g/mol. The van der Waals surface area contributed by atoms with Gasteiger partial charge in [-0.25, -0.2) is 4.98 Å². The number of nitrogens with zero attached hydrogens (tertiary/aromatic N) is 3. The van der Waals surface area contributed by atoms with Crippen molar-refractivity contribution in [3.63, 3.8) is 0 Å². The van der Waals surface area contributed by atoms with Gasteiger partial charge in [-0.3, -0.25) is 4.79 Å². The lowest BCUT2D eigenvalue weighted by molar-refractivity contribution is -0.121. The minimum atomic E-state index is 0. The van der Waals surface area contributed by atoms with E-state index < -0.39 is 0 Å². The topological polar surface area (TPSA) is 62.2 Å². The zero-order valence-electron chi connectivity index (χ0n) is 14.2. The van der Waals surface area contributed by atoms with Crippen LogP contribution in [0.4, 0.5) is 5.95 Å². The quantitative estimate of drug-likeness (QED) is 0.805. The molecule has 0 unspecified atom stereocenters. The lowest BCUT2D eigenvalue weighted by Crippen LogP contribution is -2.29. The van der Waals surface area contributed by atoms with Gasteiger partial charge < -0.3 is 20.1 Å². The van der Waals surface area contributed by atoms with Gasteiger partial charge in [0, 0.05) is 27.6 Å². The van der Waals surface area contributed by atoms with Crippen LogP contribution in [0.1, 0.15) is 31.4 Å². The van der Waals surface area contributed by atoms with Crippen molar-refractivity contribution in [3.8, 4) is 0 Å². The van der Waals surface area contributed by atoms with E-state index in [1.54, 1.807) is 0 Å². The van der Waals surface area contributed by atoms with Gasteiger partial charge >= 0.3 is 0 Å². The van der Waals surface area contributed by atoms with Gasteiger partial charge in [-0.1, -0.05) is 0 Å². The molecule has 1 saturated heterocycles. The first-order valence-electron chi connectivity index (χ1n) is 7.73. The average Bonchev–Trinajstić information content (AvgIpc) is 2.85. The molecule has 1 aromatic rings. The van der Waals surface area contributed by atoms with Crippen LogP contribution in [0.25, 0.3) is 0 Å². The third kappa shape index (κ3) is 6.57. The van der Waals surface area contributed by atoms with Crippen molar-refractivity contribution in [2.75, 3.05) is 32.1 Å². The SMILES string of the molecule is CN(C)c1ncc(CNC(=O)CCC2CCNCC2)n1C.Cl.Cl. The zero-order valence-corrected chi connectivity index (χ0v) is 15.8. The zero-order chi connectivity index (χ0) is 15.2. The van der Waals surface area contributed by atoms with Crippen molar-refractivity contribution >= 4 is 36.7 Å². The standard InChI is InChI=1S/C15H27N5O.2ClH/c1-19(2)15-18-11-13(20(15)3)10-17-14(21)5-4-12-6-8-16-9-7-12;;/h11-12,16H,4-10H2,1-3H3,(H,17,21);2*1H. The van der Waals surface area contributed by atoms with Gasteiger partial charge in [0.2, 0.25) is 11.9 Å². The molecule has 0 bridgehead atoms. The van der Waals surface area contributed by atoms with E-state index in [2.05, 4.69) is 15.6 Å². The van der Waals surface area contributed by atoms with Crippen molar-refractivity contribution in [1.82, 2.24) is 20.2 Å². The molecule has 2 N–H and O–H groups in total. The summed E-state index contributed by atoms with van der Waals surface area (Å²) in [7, 11) is 5.90. The maximum absolute atomic E-state index is 11.9. The van der Waals surface area contributed by atoms with Gasteiger partial charge in [0.15, 0.2) is 0 Å². The summed E-state index contributed by atoms with van der Waals surface area (Å²) in [4.78, 5) is 18.2. The Hall–Kier alpha value is -0.980. The Labute approximate surface area is 151 Å². The summed E-state index contributed by atoms with van der Waals surface area (Å²) >= 11 is 0. The van der Waals surface area contributed by atoms with Gasteiger partial charge in [0.05, 0.1) is 18.4 Å². The number of hydrogen-bond donors (Lipinski definition) is 2. The van der Waals surface area contributed by atoms with E-state index in [1.165, 1.54) is 12.8 Å². The minimum absolute atomic E-state index is 0. The van der Waals surface area contributed by atoms with Crippen LogP contribution < -0.4 is 15.5 Å². The fourth-order valence-corrected chi connectivity index (χ4v) is 2.80. The molecule has 2 rings (SSSR count). The molecule has 1 aromatic heterocycles. The maximum atomic E-state index is 11.9. The van der Waals surface area contributed by atoms with Crippen molar-refractivity contribution in [1.29, 1.82) is 0 Å². The number of rotatable bonds is 6. The Kier molecular flexibility index (Phi) is 10.3. The Morgan fingerprint density at radius 1 is 1.39 bits per heavy atom. The van der Waals surface area contributed by atoms with E-state index in [4.69, 9.17) is 0 Å². The number of nitrogens with one attached hydrogen (secondary N) is 2. The van der Waals surface area contributed by atoms with E-state index in [0.717, 1.165) is 31.2 Å². The van der Waals surface area contributed by atoms with Crippen LogP contribution in [0.2, 0.25) is 0 Å². The summed E-state index contributed by atoms with van der Waals surface area (Å²) in [6.07, 6.45) is 5.84. The molecule has 1 aliphatic rings. The number of hydrogen-bond acceptors (Lipinski definition) is 4. The summed E-state index contributed by atoms with van der Waals surface area (Å²) < 4.78 is 2.01. The number of imidazole rings is 1. The number of carbonyl (C=O) groups excluding carboxylic acids is 1. The predicted molar refractivity (Wildman–Crippen MR) is 98.7 cm³/mol. The number of amides is 1. The Morgan fingerprint density at radius 3 is 2.61 bits per heavy atom. The lowest BCUT2D eigenvalue weighted by atomic mass is 9.93. The maximum Gasteiger partial charge on any atom is 0.220 e. The van der Waals surface area contributed by atoms with E-state index in [-0.39, 0.29) is 30.7 Å².